The Balaban J connectivity index is 1.89. The minimum atomic E-state index is -3.29. The van der Waals surface area contributed by atoms with Crippen LogP contribution in [0, 0.1) is 0 Å². The molecule has 0 bridgehead atoms. The lowest BCUT2D eigenvalue weighted by Crippen LogP contribution is -2.10. The number of aromatic nitrogens is 1. The summed E-state index contributed by atoms with van der Waals surface area (Å²) in [7, 11) is -3.29. The molecular weight excluding hydrogens is 345 g/mol. The SMILES string of the molecule is CS(=O)(=O)Nc1ccc(NCCc2ccc(Cl)cc2Cl)nc1. The Bertz CT molecular complexity index is 749. The number of nitrogens with zero attached hydrogens (tertiary/aromatic N) is 1. The molecule has 0 saturated carbocycles. The van der Waals surface area contributed by atoms with E-state index in [0.29, 0.717) is 28.1 Å². The molecule has 0 aliphatic rings. The van der Waals surface area contributed by atoms with Gasteiger partial charge in [-0.1, -0.05) is 29.3 Å². The number of nitrogens with one attached hydrogen (secondary N) is 2. The van der Waals surface area contributed by atoms with Crippen LogP contribution in [-0.4, -0.2) is 26.2 Å². The van der Waals surface area contributed by atoms with Gasteiger partial charge in [0, 0.05) is 16.6 Å². The smallest absolute Gasteiger partial charge is 0.229 e. The van der Waals surface area contributed by atoms with E-state index in [0.717, 1.165) is 18.2 Å². The summed E-state index contributed by atoms with van der Waals surface area (Å²) in [5.74, 6) is 0.657. The van der Waals surface area contributed by atoms with E-state index >= 15 is 0 Å². The lowest BCUT2D eigenvalue weighted by molar-refractivity contribution is 0.607. The maximum Gasteiger partial charge on any atom is 0.229 e. The Morgan fingerprint density at radius 3 is 2.55 bits per heavy atom. The first-order valence-electron chi connectivity index (χ1n) is 6.45. The molecule has 0 saturated heterocycles. The van der Waals surface area contributed by atoms with Crippen molar-refractivity contribution in [2.24, 2.45) is 0 Å². The van der Waals surface area contributed by atoms with Gasteiger partial charge < -0.3 is 5.32 Å². The molecule has 0 spiro atoms. The number of benzene rings is 1. The number of rotatable bonds is 6. The van der Waals surface area contributed by atoms with Crippen molar-refractivity contribution >= 4 is 44.7 Å². The van der Waals surface area contributed by atoms with Gasteiger partial charge in [-0.05, 0) is 36.2 Å². The summed E-state index contributed by atoms with van der Waals surface area (Å²) in [4.78, 5) is 4.14. The topological polar surface area (TPSA) is 71.1 Å². The van der Waals surface area contributed by atoms with Gasteiger partial charge in [-0.3, -0.25) is 4.72 Å². The number of pyridine rings is 1. The highest BCUT2D eigenvalue weighted by Crippen LogP contribution is 2.21. The van der Waals surface area contributed by atoms with E-state index in [4.69, 9.17) is 23.2 Å². The van der Waals surface area contributed by atoms with Crippen molar-refractivity contribution in [1.82, 2.24) is 4.98 Å². The fraction of sp³-hybridized carbons (Fsp3) is 0.214. The van der Waals surface area contributed by atoms with Crippen LogP contribution in [0.5, 0.6) is 0 Å². The summed E-state index contributed by atoms with van der Waals surface area (Å²) in [6.45, 7) is 0.646. The van der Waals surface area contributed by atoms with E-state index in [9.17, 15) is 8.42 Å². The third-order valence-corrected chi connectivity index (χ3v) is 3.98. The second-order valence-electron chi connectivity index (χ2n) is 4.72. The van der Waals surface area contributed by atoms with Crippen LogP contribution in [0.25, 0.3) is 0 Å². The van der Waals surface area contributed by atoms with Gasteiger partial charge >= 0.3 is 0 Å². The monoisotopic (exact) mass is 359 g/mol. The fourth-order valence-electron chi connectivity index (χ4n) is 1.82. The van der Waals surface area contributed by atoms with Gasteiger partial charge in [-0.15, -0.1) is 0 Å². The molecule has 1 heterocycles. The molecule has 0 atom stereocenters. The fourth-order valence-corrected chi connectivity index (χ4v) is 2.87. The molecular formula is C14H15Cl2N3O2S. The molecule has 0 fully saturated rings. The quantitative estimate of drug-likeness (QED) is 0.828. The van der Waals surface area contributed by atoms with Gasteiger partial charge in [-0.2, -0.15) is 0 Å². The predicted molar refractivity (Wildman–Crippen MR) is 91.4 cm³/mol. The minimum absolute atomic E-state index is 0.425. The molecule has 22 heavy (non-hydrogen) atoms. The lowest BCUT2D eigenvalue weighted by Gasteiger charge is -2.08. The van der Waals surface area contributed by atoms with Crippen LogP contribution in [0.1, 0.15) is 5.56 Å². The molecule has 2 aromatic rings. The zero-order valence-electron chi connectivity index (χ0n) is 11.8. The van der Waals surface area contributed by atoms with E-state index in [1.54, 1.807) is 24.3 Å². The highest BCUT2D eigenvalue weighted by molar-refractivity contribution is 7.92. The van der Waals surface area contributed by atoms with Crippen molar-refractivity contribution in [2.45, 2.75) is 6.42 Å². The summed E-state index contributed by atoms with van der Waals surface area (Å²) >= 11 is 11.9. The Kier molecular flexibility index (Phi) is 5.50. The molecule has 0 aliphatic heterocycles. The number of hydrogen-bond acceptors (Lipinski definition) is 4. The molecule has 8 heteroatoms. The third kappa shape index (κ3) is 5.36. The van der Waals surface area contributed by atoms with Gasteiger partial charge in [0.15, 0.2) is 0 Å². The van der Waals surface area contributed by atoms with Gasteiger partial charge in [0.25, 0.3) is 0 Å². The standard InChI is InChI=1S/C14H15Cl2N3O2S/c1-22(20,21)19-12-4-5-14(18-9-12)17-7-6-10-2-3-11(15)8-13(10)16/h2-5,8-9,19H,6-7H2,1H3,(H,17,18). The Labute approximate surface area is 139 Å². The van der Waals surface area contributed by atoms with Crippen LogP contribution in [0.4, 0.5) is 11.5 Å². The molecule has 5 nitrogen and oxygen atoms in total. The van der Waals surface area contributed by atoms with Gasteiger partial charge in [0.2, 0.25) is 10.0 Å². The van der Waals surface area contributed by atoms with E-state index in [2.05, 4.69) is 15.0 Å². The van der Waals surface area contributed by atoms with E-state index < -0.39 is 10.0 Å². The third-order valence-electron chi connectivity index (χ3n) is 2.78. The van der Waals surface area contributed by atoms with E-state index in [1.807, 2.05) is 6.07 Å². The summed E-state index contributed by atoms with van der Waals surface area (Å²) in [6.07, 6.45) is 3.27. The molecule has 118 valence electrons. The number of hydrogen-bond donors (Lipinski definition) is 2. The Morgan fingerprint density at radius 1 is 1.18 bits per heavy atom. The molecule has 0 radical (unpaired) electrons. The molecule has 0 amide bonds. The summed E-state index contributed by atoms with van der Waals surface area (Å²) < 4.78 is 24.5. The molecule has 1 aromatic carbocycles. The first-order valence-corrected chi connectivity index (χ1v) is 9.10. The van der Waals surface area contributed by atoms with Crippen molar-refractivity contribution in [2.75, 3.05) is 22.8 Å². The van der Waals surface area contributed by atoms with Crippen LogP contribution in [0.2, 0.25) is 10.0 Å². The van der Waals surface area contributed by atoms with Crippen LogP contribution in [0.3, 0.4) is 0 Å². The Morgan fingerprint density at radius 2 is 1.95 bits per heavy atom. The minimum Gasteiger partial charge on any atom is -0.370 e. The van der Waals surface area contributed by atoms with Crippen LogP contribution >= 0.6 is 23.2 Å². The second kappa shape index (κ2) is 7.17. The van der Waals surface area contributed by atoms with Crippen LogP contribution in [0.15, 0.2) is 36.5 Å². The first kappa shape index (κ1) is 16.9. The molecule has 2 rings (SSSR count). The van der Waals surface area contributed by atoms with Crippen molar-refractivity contribution < 1.29 is 8.42 Å². The summed E-state index contributed by atoms with van der Waals surface area (Å²) in [5.41, 5.74) is 1.42. The maximum absolute atomic E-state index is 11.1. The van der Waals surface area contributed by atoms with Gasteiger partial charge in [-0.25, -0.2) is 13.4 Å². The van der Waals surface area contributed by atoms with E-state index in [-0.39, 0.29) is 0 Å². The number of anilines is 2. The lowest BCUT2D eigenvalue weighted by atomic mass is 10.1. The van der Waals surface area contributed by atoms with Crippen molar-refractivity contribution in [3.8, 4) is 0 Å². The number of sulfonamides is 1. The highest BCUT2D eigenvalue weighted by Gasteiger charge is 2.03. The van der Waals surface area contributed by atoms with Crippen molar-refractivity contribution in [3.63, 3.8) is 0 Å². The maximum atomic E-state index is 11.1. The molecule has 0 unspecified atom stereocenters. The summed E-state index contributed by atoms with van der Waals surface area (Å²) in [5, 5.41) is 4.39. The van der Waals surface area contributed by atoms with Gasteiger partial charge in [0.1, 0.15) is 5.82 Å². The average Bonchev–Trinajstić information content (AvgIpc) is 2.41. The molecule has 0 aliphatic carbocycles. The van der Waals surface area contributed by atoms with Crippen molar-refractivity contribution in [1.29, 1.82) is 0 Å². The summed E-state index contributed by atoms with van der Waals surface area (Å²) in [6, 6.07) is 8.75. The van der Waals surface area contributed by atoms with Crippen molar-refractivity contribution in [3.05, 3.63) is 52.1 Å². The zero-order valence-corrected chi connectivity index (χ0v) is 14.1. The van der Waals surface area contributed by atoms with E-state index in [1.165, 1.54) is 6.20 Å². The molecule has 2 N–H and O–H groups in total. The molecule has 1 aromatic heterocycles. The van der Waals surface area contributed by atoms with Crippen LogP contribution < -0.4 is 10.0 Å². The van der Waals surface area contributed by atoms with Gasteiger partial charge in [0.05, 0.1) is 18.1 Å². The predicted octanol–water partition coefficient (Wildman–Crippen LogP) is 3.41. The Hall–Kier alpha value is -1.50. The average molecular weight is 360 g/mol. The largest absolute Gasteiger partial charge is 0.370 e. The van der Waals surface area contributed by atoms with Crippen LogP contribution in [-0.2, 0) is 16.4 Å². The normalized spacial score (nSPS) is 11.2. The number of halogens is 2. The first-order chi connectivity index (χ1) is 10.3. The highest BCUT2D eigenvalue weighted by atomic mass is 35.5. The zero-order chi connectivity index (χ0) is 16.2. The second-order valence-corrected chi connectivity index (χ2v) is 7.31.